The molecule has 0 amide bonds. The Morgan fingerprint density at radius 2 is 0.760 bits per heavy atom. The van der Waals surface area contributed by atoms with E-state index in [0.717, 1.165) is 82.8 Å². The molecule has 0 aliphatic carbocycles. The van der Waals surface area contributed by atoms with E-state index in [9.17, 15) is 0 Å². The number of hydrogen-bond acceptors (Lipinski definition) is 5. The lowest BCUT2D eigenvalue weighted by atomic mass is 9.91. The van der Waals surface area contributed by atoms with Crippen molar-refractivity contribution < 1.29 is 8.83 Å². The van der Waals surface area contributed by atoms with Gasteiger partial charge in [-0.2, -0.15) is 0 Å². The van der Waals surface area contributed by atoms with Gasteiger partial charge in [-0.05, 0) is 64.7 Å². The van der Waals surface area contributed by atoms with Gasteiger partial charge in [0.1, 0.15) is 22.3 Å². The molecule has 10 aromatic rings. The van der Waals surface area contributed by atoms with E-state index < -0.39 is 0 Å². The lowest BCUT2D eigenvalue weighted by molar-refractivity contribution is 0.668. The summed E-state index contributed by atoms with van der Waals surface area (Å²) in [5.41, 5.74) is 10.5. The van der Waals surface area contributed by atoms with Gasteiger partial charge >= 0.3 is 0 Å². The summed E-state index contributed by atoms with van der Waals surface area (Å²) in [6, 6.07) is 55.8. The van der Waals surface area contributed by atoms with E-state index in [4.69, 9.17) is 23.8 Å². The molecule has 0 spiro atoms. The van der Waals surface area contributed by atoms with Crippen molar-refractivity contribution in [3.63, 3.8) is 0 Å². The van der Waals surface area contributed by atoms with E-state index >= 15 is 0 Å². The van der Waals surface area contributed by atoms with Crippen LogP contribution in [0.2, 0.25) is 0 Å². The molecule has 0 saturated carbocycles. The van der Waals surface area contributed by atoms with Crippen LogP contribution in [-0.4, -0.2) is 15.0 Å². The molecule has 3 aromatic heterocycles. The number of nitrogens with zero attached hydrogens (tertiary/aromatic N) is 3. The van der Waals surface area contributed by atoms with Crippen LogP contribution in [0.1, 0.15) is 0 Å². The largest absolute Gasteiger partial charge is 0.456 e. The van der Waals surface area contributed by atoms with E-state index in [0.29, 0.717) is 17.5 Å². The Hall–Kier alpha value is -6.85. The molecule has 0 unspecified atom stereocenters. The molecule has 5 nitrogen and oxygen atoms in total. The summed E-state index contributed by atoms with van der Waals surface area (Å²) in [7, 11) is 0. The summed E-state index contributed by atoms with van der Waals surface area (Å²) in [4.78, 5) is 15.0. The van der Waals surface area contributed by atoms with Crippen molar-refractivity contribution in [1.82, 2.24) is 15.0 Å². The maximum Gasteiger partial charge on any atom is 0.164 e. The van der Waals surface area contributed by atoms with Crippen molar-refractivity contribution in [2.45, 2.75) is 0 Å². The predicted octanol–water partition coefficient (Wildman–Crippen LogP) is 12.0. The number of para-hydroxylation sites is 2. The molecule has 0 fully saturated rings. The van der Waals surface area contributed by atoms with Crippen LogP contribution in [0.5, 0.6) is 0 Å². The van der Waals surface area contributed by atoms with Crippen LogP contribution in [0.25, 0.3) is 100 Å². The van der Waals surface area contributed by atoms with Gasteiger partial charge in [0.05, 0.1) is 0 Å². The summed E-state index contributed by atoms with van der Waals surface area (Å²) in [5.74, 6) is 1.86. The molecule has 234 valence electrons. The smallest absolute Gasteiger partial charge is 0.164 e. The number of fused-ring (bicyclic) bond motifs is 6. The molecule has 0 bridgehead atoms. The van der Waals surface area contributed by atoms with Gasteiger partial charge in [-0.1, -0.05) is 121 Å². The Morgan fingerprint density at radius 1 is 0.280 bits per heavy atom. The molecule has 10 rings (SSSR count). The first-order valence-corrected chi connectivity index (χ1v) is 16.6. The second-order valence-corrected chi connectivity index (χ2v) is 12.4. The van der Waals surface area contributed by atoms with Gasteiger partial charge in [0.2, 0.25) is 0 Å². The Kier molecular flexibility index (Phi) is 6.42. The van der Waals surface area contributed by atoms with E-state index in [2.05, 4.69) is 72.8 Å². The van der Waals surface area contributed by atoms with E-state index in [1.54, 1.807) is 0 Å². The van der Waals surface area contributed by atoms with Crippen LogP contribution in [0, 0.1) is 0 Å². The Morgan fingerprint density at radius 3 is 1.44 bits per heavy atom. The lowest BCUT2D eigenvalue weighted by Crippen LogP contribution is -2.00. The third-order valence-corrected chi connectivity index (χ3v) is 9.35. The van der Waals surface area contributed by atoms with E-state index in [1.165, 1.54) is 0 Å². The molecule has 3 heterocycles. The number of aromatic nitrogens is 3. The minimum absolute atomic E-state index is 0.603. The summed E-state index contributed by atoms with van der Waals surface area (Å²) in [6.07, 6.45) is 0. The molecule has 50 heavy (non-hydrogen) atoms. The summed E-state index contributed by atoms with van der Waals surface area (Å²) in [6.45, 7) is 0. The van der Waals surface area contributed by atoms with Crippen LogP contribution in [0.4, 0.5) is 0 Å². The highest BCUT2D eigenvalue weighted by molar-refractivity contribution is 6.08. The number of furan rings is 2. The highest BCUT2D eigenvalue weighted by atomic mass is 16.3. The fraction of sp³-hybridized carbons (Fsp3) is 0. The van der Waals surface area contributed by atoms with Gasteiger partial charge in [-0.15, -0.1) is 0 Å². The standard InChI is InChI=1S/C45H27N3O2/c1-3-11-28(12-4-1)43-46-44(29-13-5-2-6-14-29)48-45(47-43)32-20-22-33(30-21-24-41-38(25-30)35-16-8-10-18-40(35)49-41)37(26-32)31-19-23-36-34-15-7-9-17-39(34)50-42(36)27-31/h1-27H. The minimum Gasteiger partial charge on any atom is -0.456 e. The SMILES string of the molecule is c1ccc(-c2nc(-c3ccccc3)nc(-c3ccc(-c4ccc5oc6ccccc6c5c4)c(-c4ccc5c(c4)oc4ccccc45)c3)n2)cc1. The van der Waals surface area contributed by atoms with Crippen LogP contribution < -0.4 is 0 Å². The molecule has 0 aliphatic rings. The molecule has 0 aliphatic heterocycles. The molecule has 0 N–H and O–H groups in total. The van der Waals surface area contributed by atoms with Crippen LogP contribution in [0.3, 0.4) is 0 Å². The van der Waals surface area contributed by atoms with Gasteiger partial charge < -0.3 is 8.83 Å². The monoisotopic (exact) mass is 641 g/mol. The highest BCUT2D eigenvalue weighted by Gasteiger charge is 2.18. The van der Waals surface area contributed by atoms with Gasteiger partial charge in [-0.25, -0.2) is 15.0 Å². The van der Waals surface area contributed by atoms with Gasteiger partial charge in [-0.3, -0.25) is 0 Å². The predicted molar refractivity (Wildman–Crippen MR) is 202 cm³/mol. The topological polar surface area (TPSA) is 65.0 Å². The van der Waals surface area contributed by atoms with Crippen molar-refractivity contribution in [3.8, 4) is 56.4 Å². The van der Waals surface area contributed by atoms with Crippen molar-refractivity contribution in [3.05, 3.63) is 164 Å². The first kappa shape index (κ1) is 28.2. The first-order chi connectivity index (χ1) is 24.7. The van der Waals surface area contributed by atoms with Crippen molar-refractivity contribution in [2.24, 2.45) is 0 Å². The van der Waals surface area contributed by atoms with Crippen LogP contribution in [0.15, 0.2) is 173 Å². The van der Waals surface area contributed by atoms with Gasteiger partial charge in [0, 0.05) is 38.2 Å². The second kappa shape index (κ2) is 11.4. The number of benzene rings is 7. The maximum absolute atomic E-state index is 6.35. The molecule has 0 saturated heterocycles. The van der Waals surface area contributed by atoms with Crippen molar-refractivity contribution in [1.29, 1.82) is 0 Å². The normalized spacial score (nSPS) is 11.6. The van der Waals surface area contributed by atoms with Gasteiger partial charge in [0.15, 0.2) is 17.5 Å². The van der Waals surface area contributed by atoms with Crippen LogP contribution >= 0.6 is 0 Å². The Bertz CT molecular complexity index is 2810. The fourth-order valence-electron chi connectivity index (χ4n) is 6.90. The molecule has 5 heteroatoms. The molecular formula is C45H27N3O2. The molecular weight excluding hydrogens is 615 g/mol. The number of rotatable bonds is 5. The third-order valence-electron chi connectivity index (χ3n) is 9.35. The molecule has 0 atom stereocenters. The van der Waals surface area contributed by atoms with Crippen molar-refractivity contribution >= 4 is 43.9 Å². The molecule has 0 radical (unpaired) electrons. The lowest BCUT2D eigenvalue weighted by Gasteiger charge is -2.14. The van der Waals surface area contributed by atoms with Crippen molar-refractivity contribution in [2.75, 3.05) is 0 Å². The fourth-order valence-corrected chi connectivity index (χ4v) is 6.90. The minimum atomic E-state index is 0.603. The summed E-state index contributed by atoms with van der Waals surface area (Å²) in [5, 5.41) is 4.37. The quantitative estimate of drug-likeness (QED) is 0.187. The zero-order valence-corrected chi connectivity index (χ0v) is 26.7. The average molecular weight is 642 g/mol. The Labute approximate surface area is 287 Å². The first-order valence-electron chi connectivity index (χ1n) is 16.6. The van der Waals surface area contributed by atoms with E-state index in [1.807, 2.05) is 91.0 Å². The molecule has 7 aromatic carbocycles. The third kappa shape index (κ3) is 4.75. The maximum atomic E-state index is 6.35. The van der Waals surface area contributed by atoms with E-state index in [-0.39, 0.29) is 0 Å². The summed E-state index contributed by atoms with van der Waals surface area (Å²) < 4.78 is 12.5. The van der Waals surface area contributed by atoms with Gasteiger partial charge in [0.25, 0.3) is 0 Å². The number of hydrogen-bond donors (Lipinski definition) is 0. The highest BCUT2D eigenvalue weighted by Crippen LogP contribution is 2.40. The zero-order valence-electron chi connectivity index (χ0n) is 26.7. The second-order valence-electron chi connectivity index (χ2n) is 12.4. The van der Waals surface area contributed by atoms with Crippen LogP contribution in [-0.2, 0) is 0 Å². The Balaban J connectivity index is 1.20. The zero-order chi connectivity index (χ0) is 33.0. The average Bonchev–Trinajstić information content (AvgIpc) is 3.76. The summed E-state index contributed by atoms with van der Waals surface area (Å²) >= 11 is 0.